The molecule has 0 aliphatic carbocycles. The van der Waals surface area contributed by atoms with Crippen molar-refractivity contribution in [2.45, 2.75) is 12.3 Å². The highest BCUT2D eigenvalue weighted by Gasteiger charge is 2.09. The number of carbonyl (C=O) groups is 2. The largest absolute Gasteiger partial charge is 0.464 e. The minimum Gasteiger partial charge on any atom is -0.464 e. The highest BCUT2D eigenvalue weighted by Crippen LogP contribution is 2.16. The number of aromatic nitrogens is 1. The lowest BCUT2D eigenvalue weighted by atomic mass is 10.1. The van der Waals surface area contributed by atoms with E-state index in [0.29, 0.717) is 23.4 Å². The zero-order chi connectivity index (χ0) is 22.1. The molecule has 2 heterocycles. The molecule has 8 heteroatoms. The second-order valence-electron chi connectivity index (χ2n) is 7.19. The van der Waals surface area contributed by atoms with Crippen molar-refractivity contribution >= 4 is 29.3 Å². The van der Waals surface area contributed by atoms with Crippen LogP contribution in [0.25, 0.3) is 0 Å². The molecule has 3 rings (SSSR count). The number of carbonyl (C=O) groups excluding carboxylic acids is 2. The molecule has 7 nitrogen and oxygen atoms in total. The van der Waals surface area contributed by atoms with Gasteiger partial charge in [-0.15, -0.1) is 0 Å². The maximum Gasteiger partial charge on any atom is 0.257 e. The van der Waals surface area contributed by atoms with E-state index in [0.717, 1.165) is 29.6 Å². The third kappa shape index (κ3) is 7.27. The van der Waals surface area contributed by atoms with Crippen LogP contribution in [0.2, 0.25) is 0 Å². The Bertz CT molecular complexity index is 1000. The molecule has 0 atom stereocenters. The number of hydrogen-bond acceptors (Lipinski definition) is 6. The minimum absolute atomic E-state index is 0.177. The quantitative estimate of drug-likeness (QED) is 0.470. The molecule has 3 aromatic rings. The van der Waals surface area contributed by atoms with Crippen LogP contribution < -0.4 is 10.6 Å². The standard InChI is InChI=1S/C23H26N4O3S/c1-27(2)15-20-8-9-21(30-20)16-31-12-11-25-22(28)17-5-3-7-19(13-17)26-23(29)18-6-4-10-24-14-18/h3-10,13-14H,11-12,15-16H2,1-2H3,(H,25,28)(H,26,29). The maximum absolute atomic E-state index is 12.4. The van der Waals surface area contributed by atoms with Gasteiger partial charge in [0.2, 0.25) is 0 Å². The number of nitrogens with zero attached hydrogens (tertiary/aromatic N) is 2. The Hall–Kier alpha value is -3.10. The van der Waals surface area contributed by atoms with Crippen molar-refractivity contribution in [1.82, 2.24) is 15.2 Å². The number of hydrogen-bond donors (Lipinski definition) is 2. The van der Waals surface area contributed by atoms with Crippen LogP contribution in [-0.2, 0) is 12.3 Å². The summed E-state index contributed by atoms with van der Waals surface area (Å²) < 4.78 is 5.78. The Morgan fingerprint density at radius 3 is 2.61 bits per heavy atom. The van der Waals surface area contributed by atoms with Gasteiger partial charge in [-0.1, -0.05) is 6.07 Å². The van der Waals surface area contributed by atoms with Gasteiger partial charge < -0.3 is 20.0 Å². The number of furan rings is 1. The van der Waals surface area contributed by atoms with Crippen LogP contribution >= 0.6 is 11.8 Å². The molecule has 31 heavy (non-hydrogen) atoms. The van der Waals surface area contributed by atoms with Gasteiger partial charge in [0.25, 0.3) is 11.8 Å². The second-order valence-corrected chi connectivity index (χ2v) is 8.30. The van der Waals surface area contributed by atoms with Crippen molar-refractivity contribution in [3.63, 3.8) is 0 Å². The van der Waals surface area contributed by atoms with Crippen molar-refractivity contribution in [1.29, 1.82) is 0 Å². The Kier molecular flexibility index (Phi) is 8.26. The molecule has 1 aromatic carbocycles. The molecule has 0 aliphatic rings. The first-order valence-electron chi connectivity index (χ1n) is 9.91. The lowest BCUT2D eigenvalue weighted by molar-refractivity contribution is 0.0954. The van der Waals surface area contributed by atoms with Gasteiger partial charge >= 0.3 is 0 Å². The first kappa shape index (κ1) is 22.6. The predicted molar refractivity (Wildman–Crippen MR) is 123 cm³/mol. The van der Waals surface area contributed by atoms with Gasteiger partial charge in [0.1, 0.15) is 11.5 Å². The first-order valence-corrected chi connectivity index (χ1v) is 11.1. The van der Waals surface area contributed by atoms with Crippen LogP contribution in [-0.4, -0.2) is 48.1 Å². The van der Waals surface area contributed by atoms with Crippen LogP contribution in [0.3, 0.4) is 0 Å². The third-order valence-corrected chi connectivity index (χ3v) is 5.25. The third-order valence-electron chi connectivity index (χ3n) is 4.27. The van der Waals surface area contributed by atoms with Crippen LogP contribution in [0, 0.1) is 0 Å². The number of thioether (sulfide) groups is 1. The van der Waals surface area contributed by atoms with Gasteiger partial charge in [-0.3, -0.25) is 14.6 Å². The van der Waals surface area contributed by atoms with Crippen molar-refractivity contribution in [3.05, 3.63) is 83.6 Å². The summed E-state index contributed by atoms with van der Waals surface area (Å²) in [6.07, 6.45) is 3.10. The zero-order valence-electron chi connectivity index (χ0n) is 17.6. The van der Waals surface area contributed by atoms with Gasteiger partial charge in [0, 0.05) is 35.9 Å². The van der Waals surface area contributed by atoms with E-state index in [-0.39, 0.29) is 11.8 Å². The first-order chi connectivity index (χ1) is 15.0. The number of benzene rings is 1. The molecule has 0 fully saturated rings. The molecule has 0 bridgehead atoms. The Labute approximate surface area is 186 Å². The van der Waals surface area contributed by atoms with E-state index in [1.807, 2.05) is 26.2 Å². The average Bonchev–Trinajstić information content (AvgIpc) is 3.20. The fourth-order valence-electron chi connectivity index (χ4n) is 2.85. The topological polar surface area (TPSA) is 87.5 Å². The average molecular weight is 439 g/mol. The van der Waals surface area contributed by atoms with Crippen LogP contribution in [0.1, 0.15) is 32.2 Å². The smallest absolute Gasteiger partial charge is 0.257 e. The monoisotopic (exact) mass is 438 g/mol. The maximum atomic E-state index is 12.4. The second kappa shape index (κ2) is 11.3. The van der Waals surface area contributed by atoms with E-state index >= 15 is 0 Å². The summed E-state index contributed by atoms with van der Waals surface area (Å²) in [5.41, 5.74) is 1.51. The molecule has 162 valence electrons. The SMILES string of the molecule is CN(C)Cc1ccc(CSCCNC(=O)c2cccc(NC(=O)c3cccnc3)c2)o1. The van der Waals surface area contributed by atoms with Crippen molar-refractivity contribution < 1.29 is 14.0 Å². The van der Waals surface area contributed by atoms with E-state index in [1.54, 1.807) is 54.4 Å². The molecule has 0 unspecified atom stereocenters. The summed E-state index contributed by atoms with van der Waals surface area (Å²) in [6.45, 7) is 1.32. The van der Waals surface area contributed by atoms with Crippen LogP contribution in [0.4, 0.5) is 5.69 Å². The lowest BCUT2D eigenvalue weighted by Crippen LogP contribution is -2.25. The number of rotatable bonds is 10. The molecular weight excluding hydrogens is 412 g/mol. The van der Waals surface area contributed by atoms with E-state index in [2.05, 4.69) is 20.5 Å². The number of nitrogens with one attached hydrogen (secondary N) is 2. The van der Waals surface area contributed by atoms with Gasteiger partial charge in [-0.2, -0.15) is 11.8 Å². The molecule has 0 radical (unpaired) electrons. The predicted octanol–water partition coefficient (Wildman–Crippen LogP) is 3.65. The number of amides is 2. The summed E-state index contributed by atoms with van der Waals surface area (Å²) >= 11 is 1.70. The molecule has 0 spiro atoms. The number of anilines is 1. The normalized spacial score (nSPS) is 10.8. The zero-order valence-corrected chi connectivity index (χ0v) is 18.4. The molecule has 2 aromatic heterocycles. The molecule has 2 amide bonds. The summed E-state index contributed by atoms with van der Waals surface area (Å²) in [6, 6.07) is 14.2. The fourth-order valence-corrected chi connectivity index (χ4v) is 3.59. The molecule has 0 saturated carbocycles. The highest BCUT2D eigenvalue weighted by atomic mass is 32.2. The van der Waals surface area contributed by atoms with Crippen molar-refractivity contribution in [2.75, 3.05) is 31.7 Å². The van der Waals surface area contributed by atoms with Crippen molar-refractivity contribution in [2.24, 2.45) is 0 Å². The van der Waals surface area contributed by atoms with Gasteiger partial charge in [0.15, 0.2) is 0 Å². The van der Waals surface area contributed by atoms with E-state index < -0.39 is 0 Å². The molecule has 2 N–H and O–H groups in total. The Morgan fingerprint density at radius 2 is 1.84 bits per heavy atom. The van der Waals surface area contributed by atoms with Crippen LogP contribution in [0.15, 0.2) is 65.3 Å². The summed E-state index contributed by atoms with van der Waals surface area (Å²) in [5.74, 6) is 2.97. The minimum atomic E-state index is -0.270. The summed E-state index contributed by atoms with van der Waals surface area (Å²) in [4.78, 5) is 30.7. The van der Waals surface area contributed by atoms with E-state index in [4.69, 9.17) is 4.42 Å². The van der Waals surface area contributed by atoms with Crippen LogP contribution in [0.5, 0.6) is 0 Å². The van der Waals surface area contributed by atoms with Gasteiger partial charge in [0.05, 0.1) is 17.9 Å². The Morgan fingerprint density at radius 1 is 1.03 bits per heavy atom. The molecular formula is C23H26N4O3S. The summed E-state index contributed by atoms with van der Waals surface area (Å²) in [7, 11) is 4.01. The summed E-state index contributed by atoms with van der Waals surface area (Å²) in [5, 5.41) is 5.69. The lowest BCUT2D eigenvalue weighted by Gasteiger charge is -2.08. The van der Waals surface area contributed by atoms with Gasteiger partial charge in [-0.25, -0.2) is 0 Å². The van der Waals surface area contributed by atoms with E-state index in [1.165, 1.54) is 6.20 Å². The fraction of sp³-hybridized carbons (Fsp3) is 0.261. The Balaban J connectivity index is 1.42. The highest BCUT2D eigenvalue weighted by molar-refractivity contribution is 7.98. The van der Waals surface area contributed by atoms with Crippen molar-refractivity contribution in [3.8, 4) is 0 Å². The molecule has 0 saturated heterocycles. The van der Waals surface area contributed by atoms with E-state index in [9.17, 15) is 9.59 Å². The van der Waals surface area contributed by atoms with Gasteiger partial charge in [-0.05, 0) is 56.6 Å². The molecule has 0 aliphatic heterocycles. The number of pyridine rings is 1.